The van der Waals surface area contributed by atoms with Gasteiger partial charge in [0.1, 0.15) is 0 Å². The molecule has 0 saturated heterocycles. The molecule has 4 heteroatoms. The van der Waals surface area contributed by atoms with Gasteiger partial charge < -0.3 is 15.5 Å². The number of amides is 1. The van der Waals surface area contributed by atoms with Gasteiger partial charge in [-0.25, -0.2) is 0 Å². The Morgan fingerprint density at radius 3 is 0.968 bits per heavy atom. The molecule has 1 amide bonds. The number of nitrogens with one attached hydrogen (secondary N) is 1. The Bertz CT molecular complexity index is 958. The second-order valence-corrected chi connectivity index (χ2v) is 19.7. The van der Waals surface area contributed by atoms with Crippen LogP contribution >= 0.6 is 0 Å². The van der Waals surface area contributed by atoms with Gasteiger partial charge in [-0.15, -0.1) is 0 Å². The van der Waals surface area contributed by atoms with Gasteiger partial charge in [0.2, 0.25) is 5.91 Å². The molecule has 0 fully saturated rings. The van der Waals surface area contributed by atoms with E-state index in [1.165, 1.54) is 250 Å². The van der Waals surface area contributed by atoms with Crippen LogP contribution < -0.4 is 5.32 Å². The number of rotatable bonds is 53. The first-order valence-corrected chi connectivity index (χ1v) is 28.7. The van der Waals surface area contributed by atoms with Crippen molar-refractivity contribution in [1.29, 1.82) is 0 Å². The minimum Gasteiger partial charge on any atom is -0.394 e. The van der Waals surface area contributed by atoms with Crippen molar-refractivity contribution in [2.75, 3.05) is 6.61 Å². The van der Waals surface area contributed by atoms with Crippen LogP contribution in [0.25, 0.3) is 0 Å². The monoisotopic (exact) mass is 884 g/mol. The highest BCUT2D eigenvalue weighted by Gasteiger charge is 2.20. The van der Waals surface area contributed by atoms with Crippen LogP contribution in [-0.4, -0.2) is 34.9 Å². The third-order valence-electron chi connectivity index (χ3n) is 13.4. The summed E-state index contributed by atoms with van der Waals surface area (Å²) in [5.74, 6) is -0.0315. The van der Waals surface area contributed by atoms with Crippen LogP contribution in [0.4, 0.5) is 0 Å². The third-order valence-corrected chi connectivity index (χ3v) is 13.4. The number of unbranched alkanes of at least 4 members (excludes halogenated alkanes) is 40. The van der Waals surface area contributed by atoms with Crippen LogP contribution in [0.5, 0.6) is 0 Å². The predicted molar refractivity (Wildman–Crippen MR) is 281 cm³/mol. The third kappa shape index (κ3) is 51.5. The van der Waals surface area contributed by atoms with E-state index in [1.807, 2.05) is 0 Å². The standard InChI is InChI=1S/C59H113NO3/c1-3-5-7-9-11-13-15-17-19-21-23-25-27-29-31-32-34-36-38-40-42-44-46-48-50-52-54-58(62)57(56-61)60-59(63)55-53-51-49-47-45-43-41-39-37-35-33-30-28-26-24-22-20-18-16-14-12-10-8-6-4-2/h16,18,22,24,28,30,57-58,61-62H,3-15,17,19-21,23,25-27,29,31-56H2,1-2H3,(H,60,63)/b18-16-,24-22-,30-28-. The van der Waals surface area contributed by atoms with Crippen molar-refractivity contribution in [1.82, 2.24) is 5.32 Å². The topological polar surface area (TPSA) is 69.6 Å². The van der Waals surface area contributed by atoms with Gasteiger partial charge in [-0.2, -0.15) is 0 Å². The normalized spacial score (nSPS) is 13.0. The Hall–Kier alpha value is -1.39. The molecule has 0 spiro atoms. The summed E-state index contributed by atoms with van der Waals surface area (Å²) in [5.41, 5.74) is 0. The zero-order valence-corrected chi connectivity index (χ0v) is 42.9. The molecule has 0 aliphatic heterocycles. The highest BCUT2D eigenvalue weighted by Crippen LogP contribution is 2.18. The molecular weight excluding hydrogens is 771 g/mol. The molecule has 3 N–H and O–H groups in total. The molecule has 0 saturated carbocycles. The molecule has 63 heavy (non-hydrogen) atoms. The number of carbonyl (C=O) groups excluding carboxylic acids is 1. The first-order valence-electron chi connectivity index (χ1n) is 28.7. The van der Waals surface area contributed by atoms with Crippen LogP contribution in [0, 0.1) is 0 Å². The number of aliphatic hydroxyl groups is 2. The first kappa shape index (κ1) is 61.6. The smallest absolute Gasteiger partial charge is 0.220 e. The summed E-state index contributed by atoms with van der Waals surface area (Å²) in [6.07, 6.45) is 74.2. The van der Waals surface area contributed by atoms with Crippen molar-refractivity contribution in [3.8, 4) is 0 Å². The fourth-order valence-electron chi connectivity index (χ4n) is 9.02. The second kappa shape index (κ2) is 54.9. The zero-order valence-electron chi connectivity index (χ0n) is 42.9. The number of carbonyl (C=O) groups is 1. The van der Waals surface area contributed by atoms with Crippen LogP contribution in [0.2, 0.25) is 0 Å². The number of allylic oxidation sites excluding steroid dienone is 6. The quantitative estimate of drug-likeness (QED) is 0.0421. The van der Waals surface area contributed by atoms with Crippen LogP contribution in [0.15, 0.2) is 36.5 Å². The van der Waals surface area contributed by atoms with Gasteiger partial charge in [0, 0.05) is 6.42 Å². The van der Waals surface area contributed by atoms with Gasteiger partial charge in [0.05, 0.1) is 18.8 Å². The molecule has 0 bridgehead atoms. The van der Waals surface area contributed by atoms with Crippen molar-refractivity contribution >= 4 is 5.91 Å². The van der Waals surface area contributed by atoms with Crippen molar-refractivity contribution in [3.05, 3.63) is 36.5 Å². The lowest BCUT2D eigenvalue weighted by Crippen LogP contribution is -2.45. The molecule has 0 radical (unpaired) electrons. The summed E-state index contributed by atoms with van der Waals surface area (Å²) >= 11 is 0. The molecule has 0 aromatic rings. The van der Waals surface area contributed by atoms with Crippen LogP contribution in [0.1, 0.15) is 316 Å². The Kier molecular flexibility index (Phi) is 53.7. The maximum Gasteiger partial charge on any atom is 0.220 e. The second-order valence-electron chi connectivity index (χ2n) is 19.7. The van der Waals surface area contributed by atoms with Crippen LogP contribution in [0.3, 0.4) is 0 Å². The minimum atomic E-state index is -0.663. The van der Waals surface area contributed by atoms with Gasteiger partial charge in [-0.3, -0.25) is 4.79 Å². The predicted octanol–water partition coefficient (Wildman–Crippen LogP) is 18.9. The number of aliphatic hydroxyl groups excluding tert-OH is 2. The van der Waals surface area contributed by atoms with Crippen molar-refractivity contribution < 1.29 is 15.0 Å². The molecular formula is C59H113NO3. The summed E-state index contributed by atoms with van der Waals surface area (Å²) in [5, 5.41) is 23.4. The largest absolute Gasteiger partial charge is 0.394 e. The Labute approximate surface area is 395 Å². The SMILES string of the molecule is CCCCCCC/C=C\C/C=C\C/C=C\CCCCCCCCCCCCC(=O)NC(CO)C(O)CCCCCCCCCCCCCCCCCCCCCCCCCCCC. The molecule has 372 valence electrons. The van der Waals surface area contributed by atoms with E-state index in [0.29, 0.717) is 12.8 Å². The Balaban J connectivity index is 3.46. The maximum absolute atomic E-state index is 12.5. The molecule has 0 aromatic carbocycles. The van der Waals surface area contributed by atoms with E-state index in [2.05, 4.69) is 55.6 Å². The molecule has 0 aliphatic rings. The number of hydrogen-bond donors (Lipinski definition) is 3. The lowest BCUT2D eigenvalue weighted by Gasteiger charge is -2.22. The van der Waals surface area contributed by atoms with Gasteiger partial charge in [-0.1, -0.05) is 294 Å². The van der Waals surface area contributed by atoms with E-state index >= 15 is 0 Å². The molecule has 0 aliphatic carbocycles. The Morgan fingerprint density at radius 2 is 0.651 bits per heavy atom. The molecule has 2 atom stereocenters. The lowest BCUT2D eigenvalue weighted by molar-refractivity contribution is -0.123. The highest BCUT2D eigenvalue weighted by atomic mass is 16.3. The highest BCUT2D eigenvalue weighted by molar-refractivity contribution is 5.76. The maximum atomic E-state index is 12.5. The average Bonchev–Trinajstić information content (AvgIpc) is 3.29. The summed E-state index contributed by atoms with van der Waals surface area (Å²) in [7, 11) is 0. The molecule has 4 nitrogen and oxygen atoms in total. The molecule has 2 unspecified atom stereocenters. The zero-order chi connectivity index (χ0) is 45.6. The first-order chi connectivity index (χ1) is 31.2. The van der Waals surface area contributed by atoms with E-state index in [-0.39, 0.29) is 12.5 Å². The summed E-state index contributed by atoms with van der Waals surface area (Å²) in [6.45, 7) is 4.38. The average molecular weight is 885 g/mol. The fraction of sp³-hybridized carbons (Fsp3) is 0.881. The van der Waals surface area contributed by atoms with E-state index < -0.39 is 12.1 Å². The van der Waals surface area contributed by atoms with Gasteiger partial charge >= 0.3 is 0 Å². The van der Waals surface area contributed by atoms with Crippen molar-refractivity contribution in [2.24, 2.45) is 0 Å². The van der Waals surface area contributed by atoms with Gasteiger partial charge in [-0.05, 0) is 51.4 Å². The van der Waals surface area contributed by atoms with E-state index in [9.17, 15) is 15.0 Å². The van der Waals surface area contributed by atoms with Gasteiger partial charge in [0.15, 0.2) is 0 Å². The molecule has 0 heterocycles. The van der Waals surface area contributed by atoms with Crippen molar-refractivity contribution in [2.45, 2.75) is 328 Å². The summed E-state index contributed by atoms with van der Waals surface area (Å²) in [6, 6.07) is -0.540. The minimum absolute atomic E-state index is 0.0315. The summed E-state index contributed by atoms with van der Waals surface area (Å²) < 4.78 is 0. The van der Waals surface area contributed by atoms with E-state index in [4.69, 9.17) is 0 Å². The lowest BCUT2D eigenvalue weighted by atomic mass is 10.0. The Morgan fingerprint density at radius 1 is 0.381 bits per heavy atom. The molecule has 0 rings (SSSR count). The van der Waals surface area contributed by atoms with Crippen LogP contribution in [-0.2, 0) is 4.79 Å². The van der Waals surface area contributed by atoms with E-state index in [0.717, 1.165) is 38.5 Å². The van der Waals surface area contributed by atoms with E-state index in [1.54, 1.807) is 0 Å². The fourth-order valence-corrected chi connectivity index (χ4v) is 9.02. The summed E-state index contributed by atoms with van der Waals surface area (Å²) in [4.78, 5) is 12.5. The van der Waals surface area contributed by atoms with Gasteiger partial charge in [0.25, 0.3) is 0 Å². The van der Waals surface area contributed by atoms with Crippen molar-refractivity contribution in [3.63, 3.8) is 0 Å². The molecule has 0 aromatic heterocycles. The number of hydrogen-bond acceptors (Lipinski definition) is 3.